The molecule has 3 amide bonds. The maximum Gasteiger partial charge on any atom is 0.331 e. The minimum Gasteiger partial charge on any atom is -0.478 e. The van der Waals surface area contributed by atoms with Gasteiger partial charge in [0.25, 0.3) is 5.91 Å². The number of carboxylic acids is 1. The van der Waals surface area contributed by atoms with Crippen LogP contribution in [0.3, 0.4) is 0 Å². The number of carbonyl (C=O) groups is 3. The fourth-order valence-corrected chi connectivity index (χ4v) is 1.94. The van der Waals surface area contributed by atoms with Gasteiger partial charge in [-0.1, -0.05) is 0 Å². The molecule has 0 atom stereocenters. The standard InChI is InChI=1S/C12H15N3O4S/c1-6-4-13-9(20-6)5-14-12(19)15-10(16)7(2)8(3)11(17)18/h4H,5H2,1-3H3,(H,17,18)(H2,14,15,16,19)/b8-7+. The predicted octanol–water partition coefficient (Wildman–Crippen LogP) is 1.20. The van der Waals surface area contributed by atoms with Crippen molar-refractivity contribution < 1.29 is 19.5 Å². The van der Waals surface area contributed by atoms with Crippen LogP contribution in [0.5, 0.6) is 0 Å². The lowest BCUT2D eigenvalue weighted by molar-refractivity contribution is -0.133. The third-order valence-electron chi connectivity index (χ3n) is 2.52. The first kappa shape index (κ1) is 15.8. The maximum absolute atomic E-state index is 11.6. The Kier molecular flexibility index (Phi) is 5.39. The van der Waals surface area contributed by atoms with Gasteiger partial charge < -0.3 is 10.4 Å². The van der Waals surface area contributed by atoms with Crippen LogP contribution in [0.1, 0.15) is 23.7 Å². The Hall–Kier alpha value is -2.22. The first-order valence-corrected chi connectivity index (χ1v) is 6.54. The van der Waals surface area contributed by atoms with E-state index in [4.69, 9.17) is 5.11 Å². The molecule has 0 spiro atoms. The summed E-state index contributed by atoms with van der Waals surface area (Å²) < 4.78 is 0. The number of thiazole rings is 1. The summed E-state index contributed by atoms with van der Waals surface area (Å²) in [6.45, 7) is 4.75. The van der Waals surface area contributed by atoms with Crippen molar-refractivity contribution in [3.05, 3.63) is 27.2 Å². The van der Waals surface area contributed by atoms with E-state index in [-0.39, 0.29) is 17.7 Å². The van der Waals surface area contributed by atoms with Gasteiger partial charge in [0.05, 0.1) is 6.54 Å². The number of amides is 3. The molecular weight excluding hydrogens is 282 g/mol. The average molecular weight is 297 g/mol. The van der Waals surface area contributed by atoms with Gasteiger partial charge in [-0.2, -0.15) is 0 Å². The summed E-state index contributed by atoms with van der Waals surface area (Å²) >= 11 is 1.44. The largest absolute Gasteiger partial charge is 0.478 e. The lowest BCUT2D eigenvalue weighted by Gasteiger charge is -2.06. The number of carboxylic acid groups (broad SMARTS) is 1. The van der Waals surface area contributed by atoms with Crippen molar-refractivity contribution in [2.75, 3.05) is 0 Å². The SMILES string of the molecule is C/C(C(=O)O)=C(/C)C(=O)NC(=O)NCc1ncc(C)s1. The number of nitrogens with one attached hydrogen (secondary N) is 2. The number of aryl methyl sites for hydroxylation is 1. The molecule has 3 N–H and O–H groups in total. The van der Waals surface area contributed by atoms with Gasteiger partial charge in [0.15, 0.2) is 0 Å². The predicted molar refractivity (Wildman–Crippen MR) is 73.2 cm³/mol. The fourth-order valence-electron chi connectivity index (χ4n) is 1.21. The molecule has 0 aliphatic rings. The highest BCUT2D eigenvalue weighted by Crippen LogP contribution is 2.10. The quantitative estimate of drug-likeness (QED) is 0.724. The zero-order valence-electron chi connectivity index (χ0n) is 11.3. The first-order valence-electron chi connectivity index (χ1n) is 5.72. The Bertz CT molecular complexity index is 577. The van der Waals surface area contributed by atoms with Gasteiger partial charge in [0.1, 0.15) is 5.01 Å². The van der Waals surface area contributed by atoms with Crippen molar-refractivity contribution in [2.45, 2.75) is 27.3 Å². The smallest absolute Gasteiger partial charge is 0.331 e. The molecule has 7 nitrogen and oxygen atoms in total. The van der Waals surface area contributed by atoms with Crippen molar-refractivity contribution in [1.82, 2.24) is 15.6 Å². The van der Waals surface area contributed by atoms with E-state index in [1.807, 2.05) is 6.92 Å². The van der Waals surface area contributed by atoms with Gasteiger partial charge in [-0.3, -0.25) is 10.1 Å². The Morgan fingerprint density at radius 2 is 1.95 bits per heavy atom. The van der Waals surface area contributed by atoms with Crippen molar-refractivity contribution >= 4 is 29.2 Å². The monoisotopic (exact) mass is 297 g/mol. The van der Waals surface area contributed by atoms with Crippen molar-refractivity contribution in [3.63, 3.8) is 0 Å². The molecule has 0 bridgehead atoms. The summed E-state index contributed by atoms with van der Waals surface area (Å²) in [5.74, 6) is -1.94. The van der Waals surface area contributed by atoms with Gasteiger partial charge in [-0.05, 0) is 20.8 Å². The molecule has 8 heteroatoms. The second-order valence-corrected chi connectivity index (χ2v) is 5.38. The topological polar surface area (TPSA) is 108 Å². The van der Waals surface area contributed by atoms with E-state index >= 15 is 0 Å². The van der Waals surface area contributed by atoms with Crippen LogP contribution in [0.15, 0.2) is 17.3 Å². The molecule has 1 heterocycles. The number of rotatable bonds is 4. The molecule has 108 valence electrons. The third kappa shape index (κ3) is 4.47. The summed E-state index contributed by atoms with van der Waals surface area (Å²) in [4.78, 5) is 38.9. The molecule has 0 aliphatic heterocycles. The van der Waals surface area contributed by atoms with Crippen LogP contribution in [0.4, 0.5) is 4.79 Å². The highest BCUT2D eigenvalue weighted by molar-refractivity contribution is 7.11. The lowest BCUT2D eigenvalue weighted by Crippen LogP contribution is -2.39. The summed E-state index contributed by atoms with van der Waals surface area (Å²) in [7, 11) is 0. The molecule has 0 saturated carbocycles. The number of imide groups is 1. The highest BCUT2D eigenvalue weighted by Gasteiger charge is 2.15. The number of hydrogen-bond donors (Lipinski definition) is 3. The van der Waals surface area contributed by atoms with E-state index < -0.39 is 17.9 Å². The molecule has 1 aromatic rings. The van der Waals surface area contributed by atoms with Crippen LogP contribution >= 0.6 is 11.3 Å². The second kappa shape index (κ2) is 6.80. The van der Waals surface area contributed by atoms with Crippen molar-refractivity contribution in [2.24, 2.45) is 0 Å². The van der Waals surface area contributed by atoms with Gasteiger partial charge in [-0.15, -0.1) is 11.3 Å². The van der Waals surface area contributed by atoms with Crippen LogP contribution in [-0.2, 0) is 16.1 Å². The summed E-state index contributed by atoms with van der Waals surface area (Å²) in [6, 6.07) is -0.694. The molecule has 1 rings (SSSR count). The van der Waals surface area contributed by atoms with E-state index in [1.54, 1.807) is 6.20 Å². The Morgan fingerprint density at radius 1 is 1.30 bits per heavy atom. The molecule has 0 radical (unpaired) electrons. The molecule has 0 aliphatic carbocycles. The maximum atomic E-state index is 11.6. The van der Waals surface area contributed by atoms with Crippen LogP contribution in [-0.4, -0.2) is 28.0 Å². The van der Waals surface area contributed by atoms with Gasteiger partial charge >= 0.3 is 12.0 Å². The van der Waals surface area contributed by atoms with E-state index in [9.17, 15) is 14.4 Å². The minimum absolute atomic E-state index is 0.0160. The normalized spacial score (nSPS) is 11.6. The Balaban J connectivity index is 2.52. The Morgan fingerprint density at radius 3 is 2.45 bits per heavy atom. The van der Waals surface area contributed by atoms with Crippen LogP contribution in [0.2, 0.25) is 0 Å². The molecule has 0 unspecified atom stereocenters. The fraction of sp³-hybridized carbons (Fsp3) is 0.333. The number of hydrogen-bond acceptors (Lipinski definition) is 5. The van der Waals surface area contributed by atoms with Gasteiger partial charge in [0.2, 0.25) is 0 Å². The number of nitrogens with zero attached hydrogens (tertiary/aromatic N) is 1. The van der Waals surface area contributed by atoms with E-state index in [0.717, 1.165) is 9.88 Å². The molecule has 20 heavy (non-hydrogen) atoms. The molecule has 0 fully saturated rings. The van der Waals surface area contributed by atoms with Crippen molar-refractivity contribution in [1.29, 1.82) is 0 Å². The molecular formula is C12H15N3O4S. The van der Waals surface area contributed by atoms with Crippen LogP contribution in [0, 0.1) is 6.92 Å². The van der Waals surface area contributed by atoms with Gasteiger partial charge in [-0.25, -0.2) is 14.6 Å². The second-order valence-electron chi connectivity index (χ2n) is 4.06. The minimum atomic E-state index is -1.20. The summed E-state index contributed by atoms with van der Waals surface area (Å²) in [5, 5.41) is 14.0. The Labute approximate surface area is 119 Å². The molecule has 0 saturated heterocycles. The number of carbonyl (C=O) groups excluding carboxylic acids is 2. The number of aliphatic carboxylic acids is 1. The van der Waals surface area contributed by atoms with Crippen molar-refractivity contribution in [3.8, 4) is 0 Å². The third-order valence-corrected chi connectivity index (χ3v) is 3.43. The number of urea groups is 1. The zero-order chi connectivity index (χ0) is 15.3. The number of aromatic nitrogens is 1. The first-order chi connectivity index (χ1) is 9.31. The van der Waals surface area contributed by atoms with Crippen LogP contribution < -0.4 is 10.6 Å². The van der Waals surface area contributed by atoms with E-state index in [2.05, 4.69) is 15.6 Å². The molecule has 1 aromatic heterocycles. The average Bonchev–Trinajstić information content (AvgIpc) is 2.80. The van der Waals surface area contributed by atoms with E-state index in [1.165, 1.54) is 25.2 Å². The summed E-state index contributed by atoms with van der Waals surface area (Å²) in [6.07, 6.45) is 1.69. The van der Waals surface area contributed by atoms with Crippen LogP contribution in [0.25, 0.3) is 0 Å². The zero-order valence-corrected chi connectivity index (χ0v) is 12.1. The highest BCUT2D eigenvalue weighted by atomic mass is 32.1. The lowest BCUT2D eigenvalue weighted by atomic mass is 10.1. The summed E-state index contributed by atoms with van der Waals surface area (Å²) in [5.41, 5.74) is -0.122. The molecule has 0 aromatic carbocycles. The van der Waals surface area contributed by atoms with E-state index in [0.29, 0.717) is 0 Å². The van der Waals surface area contributed by atoms with Gasteiger partial charge in [0, 0.05) is 22.2 Å².